The molecule has 1 fully saturated rings. The van der Waals surface area contributed by atoms with Crippen LogP contribution in [-0.4, -0.2) is 10.2 Å². The van der Waals surface area contributed by atoms with Gasteiger partial charge in [-0.1, -0.05) is 43.8 Å². The van der Waals surface area contributed by atoms with E-state index in [4.69, 9.17) is 0 Å². The van der Waals surface area contributed by atoms with Crippen LogP contribution in [0.15, 0.2) is 77.9 Å². The third-order valence-corrected chi connectivity index (χ3v) is 4.10. The summed E-state index contributed by atoms with van der Waals surface area (Å²) in [5.41, 5.74) is 6.96. The highest BCUT2D eigenvalue weighted by Gasteiger charge is 2.19. The molecule has 1 aliphatic carbocycles. The fourth-order valence-electron chi connectivity index (χ4n) is 2.69. The molecule has 2 heteroatoms. The van der Waals surface area contributed by atoms with Crippen LogP contribution in [0.4, 0.5) is 0 Å². The van der Waals surface area contributed by atoms with Crippen molar-refractivity contribution in [2.75, 3.05) is 0 Å². The Bertz CT molecular complexity index is 743. The monoisotopic (exact) mass is 304 g/mol. The van der Waals surface area contributed by atoms with Crippen LogP contribution in [-0.2, 0) is 0 Å². The Morgan fingerprint density at radius 2 is 1.39 bits per heavy atom. The molecule has 0 aromatic heterocycles. The van der Waals surface area contributed by atoms with Crippen molar-refractivity contribution >= 4 is 5.57 Å². The quantitative estimate of drug-likeness (QED) is 0.815. The number of hydrogen-bond donors (Lipinski definition) is 2. The molecule has 0 radical (unpaired) electrons. The van der Waals surface area contributed by atoms with E-state index in [0.717, 1.165) is 29.5 Å². The van der Waals surface area contributed by atoms with Crippen molar-refractivity contribution in [3.05, 3.63) is 89.0 Å². The van der Waals surface area contributed by atoms with Crippen LogP contribution < -0.4 is 0 Å². The van der Waals surface area contributed by atoms with Crippen molar-refractivity contribution in [3.8, 4) is 11.5 Å². The Morgan fingerprint density at radius 1 is 0.957 bits per heavy atom. The lowest BCUT2D eigenvalue weighted by atomic mass is 9.91. The highest BCUT2D eigenvalue weighted by Crippen LogP contribution is 2.39. The highest BCUT2D eigenvalue weighted by molar-refractivity contribution is 5.84. The molecule has 2 aromatic rings. The second kappa shape index (κ2) is 6.17. The smallest absolute Gasteiger partial charge is 0.115 e. The summed E-state index contributed by atoms with van der Waals surface area (Å²) in [7, 11) is 0. The Morgan fingerprint density at radius 3 is 1.74 bits per heavy atom. The van der Waals surface area contributed by atoms with Gasteiger partial charge in [0.25, 0.3) is 0 Å². The maximum atomic E-state index is 9.56. The summed E-state index contributed by atoms with van der Waals surface area (Å²) in [5, 5.41) is 19.1. The molecule has 0 aliphatic heterocycles. The van der Waals surface area contributed by atoms with Gasteiger partial charge in [-0.3, -0.25) is 0 Å². The van der Waals surface area contributed by atoms with Gasteiger partial charge in [0.05, 0.1) is 0 Å². The van der Waals surface area contributed by atoms with Crippen LogP contribution in [0.3, 0.4) is 0 Å². The van der Waals surface area contributed by atoms with E-state index in [9.17, 15) is 10.2 Å². The van der Waals surface area contributed by atoms with Gasteiger partial charge in [0.2, 0.25) is 0 Å². The molecule has 0 spiro atoms. The Balaban J connectivity index is 2.17. The third-order valence-electron chi connectivity index (χ3n) is 4.10. The van der Waals surface area contributed by atoms with Gasteiger partial charge in [0, 0.05) is 0 Å². The fraction of sp³-hybridized carbons (Fsp3) is 0.143. The lowest BCUT2D eigenvalue weighted by Crippen LogP contribution is -1.93. The summed E-state index contributed by atoms with van der Waals surface area (Å²) in [5.74, 6) is 0.511. The van der Waals surface area contributed by atoms with Crippen LogP contribution in [0, 0.1) is 0 Å². The standard InChI is InChI=1S/C21H20O2/c1-3-15(13-18-12-14(18)2)21(16-4-8-19(22)9-5-16)17-6-10-20(23)11-7-17/h4-11,13,22-23H,2-3,12H2,1H3/b18-13+. The van der Waals surface area contributed by atoms with Crippen molar-refractivity contribution in [1.29, 1.82) is 0 Å². The summed E-state index contributed by atoms with van der Waals surface area (Å²) in [6.07, 6.45) is 4.10. The molecule has 0 amide bonds. The van der Waals surface area contributed by atoms with E-state index < -0.39 is 0 Å². The first kappa shape index (κ1) is 15.2. The van der Waals surface area contributed by atoms with Crippen molar-refractivity contribution in [1.82, 2.24) is 0 Å². The fourth-order valence-corrected chi connectivity index (χ4v) is 2.69. The highest BCUT2D eigenvalue weighted by atomic mass is 16.3. The topological polar surface area (TPSA) is 40.5 Å². The predicted molar refractivity (Wildman–Crippen MR) is 94.4 cm³/mol. The molecule has 0 heterocycles. The van der Waals surface area contributed by atoms with E-state index in [-0.39, 0.29) is 11.5 Å². The minimum absolute atomic E-state index is 0.255. The molecule has 2 nitrogen and oxygen atoms in total. The van der Waals surface area contributed by atoms with Gasteiger partial charge in [-0.25, -0.2) is 0 Å². The number of benzene rings is 2. The van der Waals surface area contributed by atoms with Crippen molar-refractivity contribution in [2.45, 2.75) is 19.8 Å². The minimum Gasteiger partial charge on any atom is -0.508 e. The van der Waals surface area contributed by atoms with Gasteiger partial charge in [0.15, 0.2) is 0 Å². The number of allylic oxidation sites excluding steroid dienone is 4. The molecule has 2 N–H and O–H groups in total. The third kappa shape index (κ3) is 3.37. The maximum Gasteiger partial charge on any atom is 0.115 e. The first-order valence-corrected chi connectivity index (χ1v) is 7.79. The molecule has 0 saturated heterocycles. The molecule has 116 valence electrons. The minimum atomic E-state index is 0.255. The summed E-state index contributed by atoms with van der Waals surface area (Å²) < 4.78 is 0. The van der Waals surface area contributed by atoms with Crippen LogP contribution in [0.1, 0.15) is 30.9 Å². The van der Waals surface area contributed by atoms with Gasteiger partial charge in [0.1, 0.15) is 11.5 Å². The second-order valence-electron chi connectivity index (χ2n) is 5.80. The van der Waals surface area contributed by atoms with E-state index in [1.54, 1.807) is 24.3 Å². The van der Waals surface area contributed by atoms with Crippen molar-refractivity contribution in [3.63, 3.8) is 0 Å². The van der Waals surface area contributed by atoms with Gasteiger partial charge in [-0.15, -0.1) is 0 Å². The molecule has 3 rings (SSSR count). The first-order valence-electron chi connectivity index (χ1n) is 7.79. The molecular formula is C21H20O2. The lowest BCUT2D eigenvalue weighted by molar-refractivity contribution is 0.475. The van der Waals surface area contributed by atoms with Gasteiger partial charge in [-0.05, 0) is 70.5 Å². The van der Waals surface area contributed by atoms with Crippen LogP contribution in [0.25, 0.3) is 5.57 Å². The van der Waals surface area contributed by atoms with Gasteiger partial charge < -0.3 is 10.2 Å². The lowest BCUT2D eigenvalue weighted by Gasteiger charge is -2.13. The van der Waals surface area contributed by atoms with Crippen molar-refractivity contribution < 1.29 is 10.2 Å². The SMILES string of the molecule is C=C1C/C1=C\C(CC)=C(c1ccc(O)cc1)c1ccc(O)cc1. The molecule has 23 heavy (non-hydrogen) atoms. The number of phenols is 2. The molecule has 1 saturated carbocycles. The zero-order valence-electron chi connectivity index (χ0n) is 13.2. The number of aromatic hydroxyl groups is 2. The van der Waals surface area contributed by atoms with E-state index in [0.29, 0.717) is 0 Å². The Hall–Kier alpha value is -2.74. The van der Waals surface area contributed by atoms with E-state index in [2.05, 4.69) is 19.6 Å². The van der Waals surface area contributed by atoms with Crippen LogP contribution in [0.2, 0.25) is 0 Å². The van der Waals surface area contributed by atoms with Gasteiger partial charge >= 0.3 is 0 Å². The zero-order chi connectivity index (χ0) is 16.4. The molecule has 2 aromatic carbocycles. The number of rotatable bonds is 4. The first-order chi connectivity index (χ1) is 11.1. The number of phenolic OH excluding ortho intramolecular Hbond substituents is 2. The Labute approximate surface area is 136 Å². The molecule has 0 bridgehead atoms. The molecule has 0 atom stereocenters. The maximum absolute atomic E-state index is 9.56. The normalized spacial score (nSPS) is 14.8. The van der Waals surface area contributed by atoms with E-state index in [1.165, 1.54) is 16.7 Å². The number of hydrogen-bond acceptors (Lipinski definition) is 2. The predicted octanol–water partition coefficient (Wildman–Crippen LogP) is 5.20. The van der Waals surface area contributed by atoms with E-state index in [1.807, 2.05) is 24.3 Å². The molecular weight excluding hydrogens is 284 g/mol. The summed E-state index contributed by atoms with van der Waals surface area (Å²) in [6.45, 7) is 6.14. The second-order valence-corrected chi connectivity index (χ2v) is 5.80. The Kier molecular flexibility index (Phi) is 4.07. The molecule has 1 aliphatic rings. The van der Waals surface area contributed by atoms with Crippen LogP contribution in [0.5, 0.6) is 11.5 Å². The van der Waals surface area contributed by atoms with Crippen LogP contribution >= 0.6 is 0 Å². The summed E-state index contributed by atoms with van der Waals surface area (Å²) in [6, 6.07) is 14.5. The summed E-state index contributed by atoms with van der Waals surface area (Å²) in [4.78, 5) is 0. The average molecular weight is 304 g/mol. The summed E-state index contributed by atoms with van der Waals surface area (Å²) >= 11 is 0. The average Bonchev–Trinajstić information content (AvgIpc) is 3.25. The van der Waals surface area contributed by atoms with Crippen molar-refractivity contribution in [2.24, 2.45) is 0 Å². The zero-order valence-corrected chi connectivity index (χ0v) is 13.2. The van der Waals surface area contributed by atoms with Gasteiger partial charge in [-0.2, -0.15) is 0 Å². The molecule has 0 unspecified atom stereocenters. The van der Waals surface area contributed by atoms with E-state index >= 15 is 0 Å². The largest absolute Gasteiger partial charge is 0.508 e.